The summed E-state index contributed by atoms with van der Waals surface area (Å²) in [7, 11) is 3.06. The third kappa shape index (κ3) is 11.9. The molecule has 5 atom stereocenters. The number of hydrogen-bond acceptors (Lipinski definition) is 7. The molecule has 0 aromatic heterocycles. The largest absolute Gasteiger partial charge is 0.480 e. The van der Waals surface area contributed by atoms with E-state index in [-0.39, 0.29) is 23.8 Å². The number of nitrogens with one attached hydrogen (secondary N) is 2. The highest BCUT2D eigenvalue weighted by atomic mass is 16.6. The van der Waals surface area contributed by atoms with Crippen LogP contribution < -0.4 is 10.6 Å². The highest BCUT2D eigenvalue weighted by molar-refractivity contribution is 5.93. The van der Waals surface area contributed by atoms with E-state index in [1.54, 1.807) is 20.0 Å². The van der Waals surface area contributed by atoms with Crippen molar-refractivity contribution >= 4 is 35.8 Å². The third-order valence-corrected chi connectivity index (χ3v) is 10.2. The molecule has 13 heteroatoms. The van der Waals surface area contributed by atoms with Crippen LogP contribution in [-0.4, -0.2) is 101 Å². The molecule has 1 aromatic rings. The number of benzene rings is 1. The summed E-state index contributed by atoms with van der Waals surface area (Å²) in [5.41, 5.74) is -1.81. The Balaban J connectivity index is 2.47. The molecule has 0 saturated carbocycles. The van der Waals surface area contributed by atoms with E-state index in [1.165, 1.54) is 29.8 Å². The minimum Gasteiger partial charge on any atom is -0.480 e. The van der Waals surface area contributed by atoms with Crippen molar-refractivity contribution < 1.29 is 43.7 Å². The Labute approximate surface area is 314 Å². The average Bonchev–Trinajstić information content (AvgIpc) is 3.06. The molecule has 0 fully saturated rings. The quantitative estimate of drug-likeness (QED) is 0.148. The molecule has 53 heavy (non-hydrogen) atoms. The molecule has 4 amide bonds. The van der Waals surface area contributed by atoms with Gasteiger partial charge in [-0.15, -0.1) is 0 Å². The van der Waals surface area contributed by atoms with Gasteiger partial charge < -0.3 is 30.5 Å². The zero-order valence-corrected chi connectivity index (χ0v) is 33.2. The number of carbonyl (C=O) groups excluding carboxylic acids is 4. The number of carbonyl (C=O) groups is 6. The Morgan fingerprint density at radius 2 is 1.58 bits per heavy atom. The fourth-order valence-electron chi connectivity index (χ4n) is 6.66. The topological polar surface area (TPSA) is 183 Å². The predicted molar refractivity (Wildman–Crippen MR) is 202 cm³/mol. The Morgan fingerprint density at radius 1 is 0.981 bits per heavy atom. The van der Waals surface area contributed by atoms with Gasteiger partial charge in [0.05, 0.1) is 6.04 Å². The number of hydrogen-bond donors (Lipinski definition) is 4. The summed E-state index contributed by atoms with van der Waals surface area (Å²) >= 11 is 0. The third-order valence-electron chi connectivity index (χ3n) is 10.2. The number of likely N-dealkylation sites (N-methyl/N-ethyl adjacent to an activating group) is 2. The molecular formula is C40H60N4O9. The van der Waals surface area contributed by atoms with Crippen LogP contribution in [-0.2, 0) is 34.1 Å². The molecule has 1 aliphatic rings. The first-order valence-corrected chi connectivity index (χ1v) is 18.1. The number of aliphatic carboxylic acids is 2. The van der Waals surface area contributed by atoms with E-state index in [0.29, 0.717) is 19.3 Å². The normalized spacial score (nSPS) is 20.5. The van der Waals surface area contributed by atoms with Gasteiger partial charge in [0.25, 0.3) is 0 Å². The number of rotatable bonds is 14. The van der Waals surface area contributed by atoms with Gasteiger partial charge in [-0.05, 0) is 55.6 Å². The summed E-state index contributed by atoms with van der Waals surface area (Å²) in [5, 5.41) is 24.0. The lowest BCUT2D eigenvalue weighted by molar-refractivity contribution is -0.142. The van der Waals surface area contributed by atoms with Crippen LogP contribution >= 0.6 is 0 Å². The molecule has 0 heterocycles. The van der Waals surface area contributed by atoms with Crippen molar-refractivity contribution in [1.82, 2.24) is 20.4 Å². The van der Waals surface area contributed by atoms with Gasteiger partial charge in [-0.3, -0.25) is 24.1 Å². The van der Waals surface area contributed by atoms with Crippen molar-refractivity contribution in [3.05, 3.63) is 59.7 Å². The molecule has 0 radical (unpaired) electrons. The molecule has 1 aliphatic carbocycles. The van der Waals surface area contributed by atoms with Crippen LogP contribution in [0.15, 0.2) is 54.1 Å². The fraction of sp³-hybridized carbons (Fsp3) is 0.600. The van der Waals surface area contributed by atoms with Gasteiger partial charge in [-0.1, -0.05) is 97.9 Å². The average molecular weight is 741 g/mol. The maximum atomic E-state index is 14.6. The standard InChI is InChI=1S/C40H60N4O9/c1-25(2)29(23-26(3)35(49)50)43(10)34(48)31(38(4,5)6)42-33(47)32(39(7,8)27-17-13-12-14-18-27)44(11)37(52)53-28-19-15-16-21-40(9,22-20-28)36(51)41-24-30(45)46/h12-15,17-19,23,25,28-29,31-32H,16,20-22,24H2,1-11H3,(H,41,51)(H,42,47)(H,45,46)(H,49,50)/b19-15+,26-23+/t28-,29+,31+,32+,40+/m0/s1. The summed E-state index contributed by atoms with van der Waals surface area (Å²) in [5.74, 6) is -3.78. The molecule has 0 spiro atoms. The van der Waals surface area contributed by atoms with Crippen molar-refractivity contribution in [3.63, 3.8) is 0 Å². The van der Waals surface area contributed by atoms with Crippen LogP contribution in [0.1, 0.15) is 93.6 Å². The van der Waals surface area contributed by atoms with Crippen molar-refractivity contribution in [1.29, 1.82) is 0 Å². The molecule has 294 valence electrons. The van der Waals surface area contributed by atoms with Crippen LogP contribution in [0.3, 0.4) is 0 Å². The first-order chi connectivity index (χ1) is 24.4. The second-order valence-electron chi connectivity index (χ2n) is 16.3. The molecule has 0 saturated heterocycles. The van der Waals surface area contributed by atoms with Crippen LogP contribution in [0.4, 0.5) is 4.79 Å². The lowest BCUT2D eigenvalue weighted by Crippen LogP contribution is -2.63. The van der Waals surface area contributed by atoms with Crippen LogP contribution in [0.25, 0.3) is 0 Å². The number of carboxylic acids is 2. The van der Waals surface area contributed by atoms with E-state index in [4.69, 9.17) is 9.84 Å². The SMILES string of the molecule is C/C(=C\[C@H](C(C)C)N(C)C(=O)[C@@H](NC(=O)[C@@H](N(C)C(=O)O[C@H]1/C=C/CC[C@@](C)(C(=O)NCC(=O)O)CC1)C(C)(C)c1ccccc1)C(C)(C)C)C(=O)O. The van der Waals surface area contributed by atoms with E-state index < -0.39 is 76.9 Å². The summed E-state index contributed by atoms with van der Waals surface area (Å²) < 4.78 is 5.96. The Bertz CT molecular complexity index is 1550. The maximum absolute atomic E-state index is 14.6. The Kier molecular flexibility index (Phi) is 15.4. The fourth-order valence-corrected chi connectivity index (χ4v) is 6.66. The van der Waals surface area contributed by atoms with Gasteiger partial charge in [0.2, 0.25) is 17.7 Å². The van der Waals surface area contributed by atoms with E-state index in [9.17, 15) is 33.9 Å². The summed E-state index contributed by atoms with van der Waals surface area (Å²) in [4.78, 5) is 81.1. The zero-order valence-electron chi connectivity index (χ0n) is 33.2. The highest BCUT2D eigenvalue weighted by Gasteiger charge is 2.46. The van der Waals surface area contributed by atoms with Crippen LogP contribution in [0.5, 0.6) is 0 Å². The van der Waals surface area contributed by atoms with E-state index in [2.05, 4.69) is 10.6 Å². The number of amides is 4. The number of carboxylic acid groups (broad SMARTS) is 2. The van der Waals surface area contributed by atoms with Crippen LogP contribution in [0, 0.1) is 16.7 Å². The predicted octanol–water partition coefficient (Wildman–Crippen LogP) is 5.15. The number of nitrogens with zero attached hydrogens (tertiary/aromatic N) is 2. The monoisotopic (exact) mass is 740 g/mol. The second-order valence-corrected chi connectivity index (χ2v) is 16.3. The smallest absolute Gasteiger partial charge is 0.410 e. The van der Waals surface area contributed by atoms with E-state index >= 15 is 0 Å². The first-order valence-electron chi connectivity index (χ1n) is 18.1. The van der Waals surface area contributed by atoms with Gasteiger partial charge in [-0.2, -0.15) is 0 Å². The highest BCUT2D eigenvalue weighted by Crippen LogP contribution is 2.35. The minimum absolute atomic E-state index is 0.0923. The molecule has 0 unspecified atom stereocenters. The van der Waals surface area contributed by atoms with E-state index in [0.717, 1.165) is 5.56 Å². The molecule has 1 aromatic carbocycles. The molecule has 4 N–H and O–H groups in total. The first kappa shape index (κ1) is 44.5. The van der Waals surface area contributed by atoms with E-state index in [1.807, 2.05) is 84.9 Å². The minimum atomic E-state index is -1.17. The Morgan fingerprint density at radius 3 is 2.11 bits per heavy atom. The summed E-state index contributed by atoms with van der Waals surface area (Å²) in [6.07, 6.45) is 5.20. The van der Waals surface area contributed by atoms with Gasteiger partial charge in [0.1, 0.15) is 24.7 Å². The van der Waals surface area contributed by atoms with Gasteiger partial charge in [0, 0.05) is 30.5 Å². The molecule has 0 aliphatic heterocycles. The van der Waals surface area contributed by atoms with Gasteiger partial charge in [0.15, 0.2) is 0 Å². The van der Waals surface area contributed by atoms with Crippen molar-refractivity contribution in [2.45, 2.75) is 118 Å². The van der Waals surface area contributed by atoms with Crippen molar-refractivity contribution in [3.8, 4) is 0 Å². The maximum Gasteiger partial charge on any atom is 0.410 e. The zero-order chi connectivity index (χ0) is 40.5. The van der Waals surface area contributed by atoms with Crippen molar-refractivity contribution in [2.75, 3.05) is 20.6 Å². The molecular weight excluding hydrogens is 680 g/mol. The molecule has 0 bridgehead atoms. The van der Waals surface area contributed by atoms with Crippen LogP contribution in [0.2, 0.25) is 0 Å². The van der Waals surface area contributed by atoms with Crippen molar-refractivity contribution in [2.24, 2.45) is 16.7 Å². The Hall–Kier alpha value is -4.68. The summed E-state index contributed by atoms with van der Waals surface area (Å²) in [6, 6.07) is 6.44. The number of ether oxygens (including phenoxy) is 1. The second kappa shape index (κ2) is 18.4. The molecule has 13 nitrogen and oxygen atoms in total. The lowest BCUT2D eigenvalue weighted by Gasteiger charge is -2.42. The lowest BCUT2D eigenvalue weighted by atomic mass is 9.76. The van der Waals surface area contributed by atoms with Gasteiger partial charge in [-0.25, -0.2) is 9.59 Å². The number of allylic oxidation sites excluding steroid dienone is 1. The summed E-state index contributed by atoms with van der Waals surface area (Å²) in [6.45, 7) is 15.6. The molecule has 2 rings (SSSR count). The van der Waals surface area contributed by atoms with Gasteiger partial charge >= 0.3 is 18.0 Å².